The van der Waals surface area contributed by atoms with E-state index < -0.39 is 0 Å². The van der Waals surface area contributed by atoms with Gasteiger partial charge in [0.05, 0.1) is 7.11 Å². The SMILES string of the molecule is CCCc1nc(COc2c(CN)cc(Cl)cc2OC)no1. The van der Waals surface area contributed by atoms with Gasteiger partial charge in [-0.3, -0.25) is 0 Å². The van der Waals surface area contributed by atoms with Crippen molar-refractivity contribution >= 4 is 11.6 Å². The lowest BCUT2D eigenvalue weighted by Crippen LogP contribution is -2.05. The Morgan fingerprint density at radius 3 is 2.86 bits per heavy atom. The molecule has 1 heterocycles. The summed E-state index contributed by atoms with van der Waals surface area (Å²) in [7, 11) is 1.55. The van der Waals surface area contributed by atoms with E-state index in [1.54, 1.807) is 19.2 Å². The van der Waals surface area contributed by atoms with Crippen LogP contribution in [0.15, 0.2) is 16.7 Å². The van der Waals surface area contributed by atoms with Crippen LogP contribution >= 0.6 is 11.6 Å². The number of benzene rings is 1. The van der Waals surface area contributed by atoms with Crippen molar-refractivity contribution < 1.29 is 14.0 Å². The minimum Gasteiger partial charge on any atom is -0.493 e. The molecule has 0 aliphatic rings. The molecule has 1 aromatic carbocycles. The summed E-state index contributed by atoms with van der Waals surface area (Å²) in [6.07, 6.45) is 1.70. The van der Waals surface area contributed by atoms with E-state index in [0.29, 0.717) is 34.8 Å². The van der Waals surface area contributed by atoms with Gasteiger partial charge in [-0.15, -0.1) is 0 Å². The topological polar surface area (TPSA) is 83.4 Å². The van der Waals surface area contributed by atoms with E-state index in [0.717, 1.165) is 18.4 Å². The lowest BCUT2D eigenvalue weighted by atomic mass is 10.2. The Morgan fingerprint density at radius 2 is 2.19 bits per heavy atom. The Morgan fingerprint density at radius 1 is 1.38 bits per heavy atom. The fourth-order valence-electron chi connectivity index (χ4n) is 1.89. The summed E-state index contributed by atoms with van der Waals surface area (Å²) in [5.74, 6) is 2.17. The number of methoxy groups -OCH3 is 1. The fourth-order valence-corrected chi connectivity index (χ4v) is 2.12. The number of rotatable bonds is 7. The molecule has 0 saturated heterocycles. The molecule has 0 aliphatic carbocycles. The smallest absolute Gasteiger partial charge is 0.226 e. The van der Waals surface area contributed by atoms with Crippen LogP contribution in [0.5, 0.6) is 11.5 Å². The number of aryl methyl sites for hydroxylation is 1. The molecule has 0 saturated carbocycles. The molecule has 0 spiro atoms. The molecule has 2 N–H and O–H groups in total. The van der Waals surface area contributed by atoms with Crippen molar-refractivity contribution in [1.82, 2.24) is 10.1 Å². The average molecular weight is 312 g/mol. The van der Waals surface area contributed by atoms with Crippen LogP contribution in [0.2, 0.25) is 5.02 Å². The van der Waals surface area contributed by atoms with Crippen LogP contribution in [0, 0.1) is 0 Å². The van der Waals surface area contributed by atoms with Gasteiger partial charge < -0.3 is 19.7 Å². The normalized spacial score (nSPS) is 10.7. The molecule has 0 unspecified atom stereocenters. The number of hydrogen-bond acceptors (Lipinski definition) is 6. The Balaban J connectivity index is 2.14. The van der Waals surface area contributed by atoms with Crippen molar-refractivity contribution in [3.63, 3.8) is 0 Å². The third-order valence-corrected chi connectivity index (χ3v) is 3.07. The van der Waals surface area contributed by atoms with Crippen molar-refractivity contribution in [2.24, 2.45) is 5.73 Å². The standard InChI is InChI=1S/C14H18ClN3O3/c1-3-4-13-17-12(18-21-13)8-20-14-9(7-16)5-10(15)6-11(14)19-2/h5-6H,3-4,7-8,16H2,1-2H3. The third kappa shape index (κ3) is 3.86. The number of ether oxygens (including phenoxy) is 2. The molecular formula is C14H18ClN3O3. The average Bonchev–Trinajstić information content (AvgIpc) is 2.93. The number of halogens is 1. The second-order valence-electron chi connectivity index (χ2n) is 4.44. The molecule has 7 heteroatoms. The van der Waals surface area contributed by atoms with Crippen LogP contribution in [0.3, 0.4) is 0 Å². The van der Waals surface area contributed by atoms with Gasteiger partial charge in [-0.1, -0.05) is 23.7 Å². The fraction of sp³-hybridized carbons (Fsp3) is 0.429. The van der Waals surface area contributed by atoms with Crippen molar-refractivity contribution in [1.29, 1.82) is 0 Å². The second kappa shape index (κ2) is 7.28. The number of aromatic nitrogens is 2. The van der Waals surface area contributed by atoms with Crippen LogP contribution in [-0.4, -0.2) is 17.3 Å². The summed E-state index contributed by atoms with van der Waals surface area (Å²) in [5.41, 5.74) is 6.47. The molecule has 21 heavy (non-hydrogen) atoms. The van der Waals surface area contributed by atoms with Crippen LogP contribution in [0.4, 0.5) is 0 Å². The predicted molar refractivity (Wildman–Crippen MR) is 78.5 cm³/mol. The van der Waals surface area contributed by atoms with Crippen LogP contribution in [-0.2, 0) is 19.6 Å². The van der Waals surface area contributed by atoms with E-state index in [2.05, 4.69) is 10.1 Å². The van der Waals surface area contributed by atoms with Crippen molar-refractivity contribution in [2.75, 3.05) is 7.11 Å². The first-order valence-corrected chi connectivity index (χ1v) is 7.06. The molecule has 0 amide bonds. The maximum absolute atomic E-state index is 6.00. The molecule has 114 valence electrons. The largest absolute Gasteiger partial charge is 0.493 e. The maximum atomic E-state index is 6.00. The Kier molecular flexibility index (Phi) is 5.41. The van der Waals surface area contributed by atoms with Gasteiger partial charge in [-0.05, 0) is 12.5 Å². The summed E-state index contributed by atoms with van der Waals surface area (Å²) in [6, 6.07) is 3.42. The molecule has 0 fully saturated rings. The van der Waals surface area contributed by atoms with Crippen molar-refractivity contribution in [3.8, 4) is 11.5 Å². The lowest BCUT2D eigenvalue weighted by Gasteiger charge is -2.13. The summed E-state index contributed by atoms with van der Waals surface area (Å²) in [6.45, 7) is 2.52. The van der Waals surface area contributed by atoms with E-state index in [1.807, 2.05) is 6.92 Å². The monoisotopic (exact) mass is 311 g/mol. The third-order valence-electron chi connectivity index (χ3n) is 2.86. The molecule has 6 nitrogen and oxygen atoms in total. The highest BCUT2D eigenvalue weighted by molar-refractivity contribution is 6.30. The lowest BCUT2D eigenvalue weighted by molar-refractivity contribution is 0.266. The van der Waals surface area contributed by atoms with E-state index in [9.17, 15) is 0 Å². The number of hydrogen-bond donors (Lipinski definition) is 1. The number of nitrogens with zero attached hydrogens (tertiary/aromatic N) is 2. The number of nitrogens with two attached hydrogens (primary N) is 1. The molecule has 0 aliphatic heterocycles. The van der Waals surface area contributed by atoms with E-state index in [4.69, 9.17) is 31.3 Å². The van der Waals surface area contributed by atoms with Gasteiger partial charge >= 0.3 is 0 Å². The molecule has 1 aromatic heterocycles. The Hall–Kier alpha value is -1.79. The summed E-state index contributed by atoms with van der Waals surface area (Å²) < 4.78 is 16.1. The van der Waals surface area contributed by atoms with Gasteiger partial charge in [0.1, 0.15) is 0 Å². The van der Waals surface area contributed by atoms with Gasteiger partial charge in [-0.2, -0.15) is 4.98 Å². The highest BCUT2D eigenvalue weighted by atomic mass is 35.5. The summed E-state index contributed by atoms with van der Waals surface area (Å²) in [5, 5.41) is 4.41. The quantitative estimate of drug-likeness (QED) is 0.846. The Labute approximate surface area is 128 Å². The first-order valence-electron chi connectivity index (χ1n) is 6.68. The van der Waals surface area contributed by atoms with Crippen LogP contribution in [0.25, 0.3) is 0 Å². The minimum atomic E-state index is 0.179. The van der Waals surface area contributed by atoms with Gasteiger partial charge in [0.2, 0.25) is 11.7 Å². The van der Waals surface area contributed by atoms with Gasteiger partial charge in [0, 0.05) is 29.6 Å². The first kappa shape index (κ1) is 15.6. The molecule has 0 radical (unpaired) electrons. The molecule has 2 aromatic rings. The van der Waals surface area contributed by atoms with Crippen molar-refractivity contribution in [2.45, 2.75) is 32.9 Å². The molecule has 0 atom stereocenters. The highest BCUT2D eigenvalue weighted by Crippen LogP contribution is 2.34. The molecule has 0 bridgehead atoms. The van der Waals surface area contributed by atoms with Gasteiger partial charge in [-0.25, -0.2) is 0 Å². The summed E-state index contributed by atoms with van der Waals surface area (Å²) in [4.78, 5) is 4.24. The molecule has 2 rings (SSSR count). The Bertz CT molecular complexity index is 576. The van der Waals surface area contributed by atoms with Crippen LogP contribution < -0.4 is 15.2 Å². The first-order chi connectivity index (χ1) is 10.2. The predicted octanol–water partition coefficient (Wildman–Crippen LogP) is 2.72. The maximum Gasteiger partial charge on any atom is 0.226 e. The van der Waals surface area contributed by atoms with Gasteiger partial charge in [0.15, 0.2) is 18.1 Å². The van der Waals surface area contributed by atoms with E-state index >= 15 is 0 Å². The van der Waals surface area contributed by atoms with Gasteiger partial charge in [0.25, 0.3) is 0 Å². The molecular weight excluding hydrogens is 294 g/mol. The van der Waals surface area contributed by atoms with Crippen molar-refractivity contribution in [3.05, 3.63) is 34.4 Å². The zero-order chi connectivity index (χ0) is 15.2. The zero-order valence-electron chi connectivity index (χ0n) is 12.1. The van der Waals surface area contributed by atoms with Crippen LogP contribution in [0.1, 0.15) is 30.6 Å². The van der Waals surface area contributed by atoms with E-state index in [1.165, 1.54) is 0 Å². The minimum absolute atomic E-state index is 0.179. The zero-order valence-corrected chi connectivity index (χ0v) is 12.8. The summed E-state index contributed by atoms with van der Waals surface area (Å²) >= 11 is 6.00. The second-order valence-corrected chi connectivity index (χ2v) is 4.88. The van der Waals surface area contributed by atoms with E-state index in [-0.39, 0.29) is 6.61 Å². The highest BCUT2D eigenvalue weighted by Gasteiger charge is 2.14.